The summed E-state index contributed by atoms with van der Waals surface area (Å²) in [5, 5.41) is 5.31. The Morgan fingerprint density at radius 3 is 1.58 bits per heavy atom. The van der Waals surface area contributed by atoms with Crippen LogP contribution in [0.3, 0.4) is 0 Å². The molecule has 2 saturated carbocycles. The molecule has 0 aromatic heterocycles. The minimum atomic E-state index is -1.48. The number of hydrogen-bond donors (Lipinski definition) is 0. The normalized spacial score (nSPS) is 21.3. The Hall–Kier alpha value is 0.720. The molecular formula is C23H48ClMgN3OSi2. The van der Waals surface area contributed by atoms with Crippen LogP contribution < -0.4 is 12.4 Å². The SMILES string of the molecule is C1CCOC1.C[Si](C)(C)N(C(=NC1CCCCC1)[N-]C1CCCCC1)[Si](C)(C)C.[Cl-].[Mg+2]. The van der Waals surface area contributed by atoms with Gasteiger partial charge in [-0.05, 0) is 50.6 Å². The Bertz CT molecular complexity index is 474. The number of nitrogens with zero attached hydrogens (tertiary/aromatic N) is 3. The summed E-state index contributed by atoms with van der Waals surface area (Å²) in [5.74, 6) is 1.16. The van der Waals surface area contributed by atoms with E-state index < -0.39 is 16.5 Å². The van der Waals surface area contributed by atoms with E-state index in [1.807, 2.05) is 0 Å². The summed E-state index contributed by atoms with van der Waals surface area (Å²) in [4.78, 5) is 5.31. The summed E-state index contributed by atoms with van der Waals surface area (Å²) in [7, 11) is -2.97. The summed E-state index contributed by atoms with van der Waals surface area (Å²) in [5.41, 5.74) is 0. The molecule has 1 saturated heterocycles. The van der Waals surface area contributed by atoms with Crippen LogP contribution in [-0.4, -0.2) is 75.0 Å². The Kier molecular flexibility index (Phi) is 16.0. The quantitative estimate of drug-likeness (QED) is 0.336. The fourth-order valence-corrected chi connectivity index (χ4v) is 14.5. The Morgan fingerprint density at radius 1 is 0.742 bits per heavy atom. The van der Waals surface area contributed by atoms with Crippen LogP contribution in [0.5, 0.6) is 0 Å². The van der Waals surface area contributed by atoms with Crippen LogP contribution >= 0.6 is 0 Å². The third-order valence-electron chi connectivity index (χ3n) is 6.11. The molecule has 31 heavy (non-hydrogen) atoms. The molecule has 8 heteroatoms. The monoisotopic (exact) mass is 497 g/mol. The zero-order valence-corrected chi connectivity index (χ0v) is 25.6. The van der Waals surface area contributed by atoms with Gasteiger partial charge in [0.25, 0.3) is 0 Å². The maximum Gasteiger partial charge on any atom is 2.00 e. The van der Waals surface area contributed by atoms with Gasteiger partial charge in [-0.15, -0.1) is 0 Å². The Morgan fingerprint density at radius 2 is 1.19 bits per heavy atom. The van der Waals surface area contributed by atoms with Crippen molar-refractivity contribution < 1.29 is 17.1 Å². The zero-order valence-electron chi connectivity index (χ0n) is 21.4. The van der Waals surface area contributed by atoms with Gasteiger partial charge in [0.2, 0.25) is 0 Å². The molecule has 0 radical (unpaired) electrons. The van der Waals surface area contributed by atoms with Crippen molar-refractivity contribution in [1.82, 2.24) is 4.23 Å². The van der Waals surface area contributed by atoms with Gasteiger partial charge in [0.15, 0.2) is 0 Å². The van der Waals surface area contributed by atoms with Crippen LogP contribution in [0.25, 0.3) is 5.32 Å². The third-order valence-corrected chi connectivity index (χ3v) is 13.2. The number of aliphatic imine (C=N–C) groups is 1. The molecule has 0 N–H and O–H groups in total. The Balaban J connectivity index is 0.00000113. The van der Waals surface area contributed by atoms with Crippen molar-refractivity contribution in [2.45, 2.75) is 128 Å². The fraction of sp³-hybridized carbons (Fsp3) is 0.957. The van der Waals surface area contributed by atoms with E-state index >= 15 is 0 Å². The van der Waals surface area contributed by atoms with Gasteiger partial charge >= 0.3 is 23.1 Å². The average molecular weight is 499 g/mol. The second-order valence-corrected chi connectivity index (χ2v) is 21.2. The molecule has 178 valence electrons. The maximum atomic E-state index is 5.31. The van der Waals surface area contributed by atoms with E-state index in [-0.39, 0.29) is 35.5 Å². The number of ether oxygens (including phenoxy) is 1. The molecule has 1 aliphatic heterocycles. The fourth-order valence-electron chi connectivity index (χ4n) is 5.01. The number of halogens is 1. The molecule has 1 heterocycles. The van der Waals surface area contributed by atoms with Crippen molar-refractivity contribution in [3.05, 3.63) is 5.32 Å². The van der Waals surface area contributed by atoms with Gasteiger partial charge < -0.3 is 31.7 Å². The van der Waals surface area contributed by atoms with Gasteiger partial charge in [-0.3, -0.25) is 0 Å². The smallest absolute Gasteiger partial charge is 1.00 e. The number of hydrogen-bond acceptors (Lipinski definition) is 2. The minimum Gasteiger partial charge on any atom is -1.00 e. The molecule has 0 bridgehead atoms. The molecule has 0 amide bonds. The number of guanidine groups is 1. The predicted octanol–water partition coefficient (Wildman–Crippen LogP) is 3.77. The van der Waals surface area contributed by atoms with Crippen LogP contribution in [0.15, 0.2) is 4.99 Å². The standard InChI is InChI=1S/C19H40N3Si2.C4H8O.ClH.Mg/c1-23(2,3)22(24(4,5)6)19(20-17-13-9-7-10-14-17)21-18-15-11-8-12-16-18;1-2-4-5-3-1;;/h17-18H,7-16H2,1-6H3;1-4H2;1H;/q-1;;;+2/p-1. The van der Waals surface area contributed by atoms with E-state index in [1.54, 1.807) is 0 Å². The maximum absolute atomic E-state index is 5.31. The molecule has 4 nitrogen and oxygen atoms in total. The van der Waals surface area contributed by atoms with Crippen LogP contribution in [0.4, 0.5) is 0 Å². The topological polar surface area (TPSA) is 38.9 Å². The minimum absolute atomic E-state index is 0. The van der Waals surface area contributed by atoms with Crippen molar-refractivity contribution in [3.8, 4) is 0 Å². The number of rotatable bonds is 4. The van der Waals surface area contributed by atoms with Crippen molar-refractivity contribution in [2.75, 3.05) is 13.2 Å². The molecule has 0 atom stereocenters. The summed E-state index contributed by atoms with van der Waals surface area (Å²) >= 11 is 0. The van der Waals surface area contributed by atoms with E-state index in [0.717, 1.165) is 19.2 Å². The average Bonchev–Trinajstić information content (AvgIpc) is 3.21. The third kappa shape index (κ3) is 12.1. The molecule has 3 aliphatic rings. The van der Waals surface area contributed by atoms with Crippen molar-refractivity contribution >= 4 is 45.5 Å². The van der Waals surface area contributed by atoms with Crippen molar-refractivity contribution in [3.63, 3.8) is 0 Å². The first-order valence-corrected chi connectivity index (χ1v) is 19.2. The van der Waals surface area contributed by atoms with Crippen LogP contribution in [0.2, 0.25) is 39.3 Å². The molecule has 0 aromatic carbocycles. The summed E-state index contributed by atoms with van der Waals surface area (Å²) in [6.45, 7) is 16.8. The van der Waals surface area contributed by atoms with Gasteiger partial charge in [-0.25, -0.2) is 0 Å². The zero-order chi connectivity index (χ0) is 21.3. The predicted molar refractivity (Wildman–Crippen MR) is 139 cm³/mol. The van der Waals surface area contributed by atoms with Gasteiger partial charge in [0.1, 0.15) is 0 Å². The summed E-state index contributed by atoms with van der Waals surface area (Å²) in [6, 6.07) is 1.05. The Labute approximate surface area is 217 Å². The van der Waals surface area contributed by atoms with E-state index in [9.17, 15) is 0 Å². The van der Waals surface area contributed by atoms with Crippen molar-refractivity contribution in [1.29, 1.82) is 0 Å². The first-order chi connectivity index (χ1) is 13.7. The van der Waals surface area contributed by atoms with E-state index in [2.05, 4.69) is 43.5 Å². The van der Waals surface area contributed by atoms with E-state index in [4.69, 9.17) is 15.0 Å². The van der Waals surface area contributed by atoms with Gasteiger partial charge in [-0.2, -0.15) is 0 Å². The first-order valence-electron chi connectivity index (χ1n) is 12.3. The van der Waals surface area contributed by atoms with Gasteiger partial charge in [0, 0.05) is 19.2 Å². The largest absolute Gasteiger partial charge is 2.00 e. The molecule has 0 unspecified atom stereocenters. The summed E-state index contributed by atoms with van der Waals surface area (Å²) in [6.07, 6.45) is 15.8. The van der Waals surface area contributed by atoms with E-state index in [1.165, 1.54) is 77.0 Å². The first kappa shape index (κ1) is 31.7. The molecule has 3 fully saturated rings. The molecule has 0 aromatic rings. The van der Waals surface area contributed by atoms with Crippen LogP contribution in [0.1, 0.15) is 77.0 Å². The molecule has 2 aliphatic carbocycles. The van der Waals surface area contributed by atoms with Crippen LogP contribution in [0, 0.1) is 0 Å². The summed E-state index contributed by atoms with van der Waals surface area (Å²) < 4.78 is 7.70. The molecular weight excluding hydrogens is 450 g/mol. The molecule has 3 rings (SSSR count). The van der Waals surface area contributed by atoms with Crippen molar-refractivity contribution in [2.24, 2.45) is 4.99 Å². The van der Waals surface area contributed by atoms with Gasteiger partial charge in [0.05, 0.1) is 16.5 Å². The van der Waals surface area contributed by atoms with Crippen LogP contribution in [-0.2, 0) is 4.74 Å². The second-order valence-electron chi connectivity index (χ2n) is 11.1. The van der Waals surface area contributed by atoms with Gasteiger partial charge in [-0.1, -0.05) is 77.8 Å². The second kappa shape index (κ2) is 15.6. The molecule has 0 spiro atoms. The van der Waals surface area contributed by atoms with E-state index in [0.29, 0.717) is 12.1 Å².